The summed E-state index contributed by atoms with van der Waals surface area (Å²) in [5.74, 6) is 0. The van der Waals surface area contributed by atoms with Gasteiger partial charge in [0, 0.05) is 12.0 Å². The van der Waals surface area contributed by atoms with Gasteiger partial charge in [-0.05, 0) is 36.7 Å². The number of benzene rings is 1. The summed E-state index contributed by atoms with van der Waals surface area (Å²) < 4.78 is 5.22. The molecule has 1 aromatic rings. The monoisotopic (exact) mass is 305 g/mol. The van der Waals surface area contributed by atoms with Crippen LogP contribution in [-0.2, 0) is 11.3 Å². The maximum absolute atomic E-state index is 11.8. The minimum absolute atomic E-state index is 0.113. The second kappa shape index (κ2) is 7.14. The largest absolute Gasteiger partial charge is 0.445 e. The molecular formula is C18H27NO3. The van der Waals surface area contributed by atoms with E-state index in [-0.39, 0.29) is 18.6 Å². The number of aliphatic hydroxyl groups excluding tert-OH is 1. The topological polar surface area (TPSA) is 58.6 Å². The van der Waals surface area contributed by atoms with Crippen molar-refractivity contribution in [2.45, 2.75) is 46.1 Å². The van der Waals surface area contributed by atoms with Crippen LogP contribution in [0.4, 0.5) is 4.79 Å². The number of ether oxygens (including phenoxy) is 1. The lowest BCUT2D eigenvalue weighted by molar-refractivity contribution is 0.0387. The Morgan fingerprint density at radius 3 is 2.41 bits per heavy atom. The molecule has 0 aliphatic heterocycles. The fraction of sp³-hybridized carbons (Fsp3) is 0.611. The van der Waals surface area contributed by atoms with Crippen LogP contribution in [0.5, 0.6) is 0 Å². The Morgan fingerprint density at radius 1 is 1.18 bits per heavy atom. The van der Waals surface area contributed by atoms with Gasteiger partial charge in [0.15, 0.2) is 0 Å². The molecule has 1 amide bonds. The lowest BCUT2D eigenvalue weighted by atomic mass is 9.65. The van der Waals surface area contributed by atoms with Gasteiger partial charge in [0.2, 0.25) is 0 Å². The van der Waals surface area contributed by atoms with Crippen molar-refractivity contribution in [2.24, 2.45) is 10.8 Å². The first-order valence-electron chi connectivity index (χ1n) is 8.00. The molecule has 2 N–H and O–H groups in total. The summed E-state index contributed by atoms with van der Waals surface area (Å²) >= 11 is 0. The predicted molar refractivity (Wildman–Crippen MR) is 86.4 cm³/mol. The Labute approximate surface area is 132 Å². The molecule has 0 saturated heterocycles. The van der Waals surface area contributed by atoms with Crippen LogP contribution >= 0.6 is 0 Å². The summed E-state index contributed by atoms with van der Waals surface area (Å²) in [6, 6.07) is 9.61. The van der Waals surface area contributed by atoms with Crippen molar-refractivity contribution >= 4 is 6.09 Å². The van der Waals surface area contributed by atoms with E-state index in [0.29, 0.717) is 12.0 Å². The van der Waals surface area contributed by atoms with Gasteiger partial charge in [-0.15, -0.1) is 0 Å². The summed E-state index contributed by atoms with van der Waals surface area (Å²) in [5.41, 5.74) is 1.11. The number of alkyl carbamates (subject to hydrolysis) is 1. The van der Waals surface area contributed by atoms with Gasteiger partial charge in [-0.1, -0.05) is 44.2 Å². The molecule has 4 nitrogen and oxygen atoms in total. The van der Waals surface area contributed by atoms with E-state index in [4.69, 9.17) is 4.74 Å². The molecule has 0 bridgehead atoms. The number of aliphatic hydroxyl groups is 1. The highest BCUT2D eigenvalue weighted by molar-refractivity contribution is 5.67. The van der Waals surface area contributed by atoms with Crippen molar-refractivity contribution in [2.75, 3.05) is 13.2 Å². The van der Waals surface area contributed by atoms with Crippen LogP contribution in [0.1, 0.15) is 45.1 Å². The summed E-state index contributed by atoms with van der Waals surface area (Å²) in [4.78, 5) is 11.8. The molecule has 122 valence electrons. The van der Waals surface area contributed by atoms with E-state index in [1.807, 2.05) is 30.3 Å². The minimum atomic E-state index is -0.415. The van der Waals surface area contributed by atoms with E-state index in [0.717, 1.165) is 31.2 Å². The zero-order valence-electron chi connectivity index (χ0n) is 13.6. The normalized spacial score (nSPS) is 19.4. The molecular weight excluding hydrogens is 278 g/mol. The molecule has 0 aromatic heterocycles. The molecule has 1 aromatic carbocycles. The third-order valence-electron chi connectivity index (χ3n) is 4.82. The smallest absolute Gasteiger partial charge is 0.407 e. The lowest BCUT2D eigenvalue weighted by Crippen LogP contribution is -2.43. The van der Waals surface area contributed by atoms with Gasteiger partial charge >= 0.3 is 6.09 Å². The van der Waals surface area contributed by atoms with Gasteiger partial charge in [-0.3, -0.25) is 0 Å². The molecule has 4 heteroatoms. The molecule has 0 unspecified atom stereocenters. The third kappa shape index (κ3) is 4.73. The van der Waals surface area contributed by atoms with Gasteiger partial charge < -0.3 is 15.2 Å². The Kier molecular flexibility index (Phi) is 5.46. The van der Waals surface area contributed by atoms with Crippen molar-refractivity contribution in [1.29, 1.82) is 0 Å². The molecule has 1 saturated carbocycles. The van der Waals surface area contributed by atoms with Crippen LogP contribution in [0.15, 0.2) is 30.3 Å². The van der Waals surface area contributed by atoms with Crippen molar-refractivity contribution in [1.82, 2.24) is 5.32 Å². The number of amides is 1. The summed E-state index contributed by atoms with van der Waals surface area (Å²) in [5, 5.41) is 12.6. The van der Waals surface area contributed by atoms with Crippen LogP contribution in [0.2, 0.25) is 0 Å². The molecule has 1 aliphatic carbocycles. The van der Waals surface area contributed by atoms with Crippen molar-refractivity contribution < 1.29 is 14.6 Å². The van der Waals surface area contributed by atoms with Crippen LogP contribution < -0.4 is 5.32 Å². The minimum Gasteiger partial charge on any atom is -0.445 e. The van der Waals surface area contributed by atoms with Crippen LogP contribution in [0.25, 0.3) is 0 Å². The van der Waals surface area contributed by atoms with E-state index in [1.165, 1.54) is 0 Å². The summed E-state index contributed by atoms with van der Waals surface area (Å²) in [7, 11) is 0. The Balaban J connectivity index is 1.77. The lowest BCUT2D eigenvalue weighted by Gasteiger charge is -2.42. The number of hydrogen-bond donors (Lipinski definition) is 2. The Bertz CT molecular complexity index is 474. The highest BCUT2D eigenvalue weighted by Crippen LogP contribution is 2.44. The number of rotatable bonds is 5. The zero-order valence-corrected chi connectivity index (χ0v) is 13.6. The molecule has 1 fully saturated rings. The molecule has 0 radical (unpaired) electrons. The number of carbonyl (C=O) groups is 1. The standard InChI is InChI=1S/C18H27NO3/c1-17(2)8-10-18(14-20,11-9-17)13-19-16(21)22-12-15-6-4-3-5-7-15/h3-7,20H,8-14H2,1-2H3,(H,19,21). The second-order valence-corrected chi connectivity index (χ2v) is 7.24. The van der Waals surface area contributed by atoms with Gasteiger partial charge in [-0.2, -0.15) is 0 Å². The van der Waals surface area contributed by atoms with Crippen LogP contribution in [0.3, 0.4) is 0 Å². The van der Waals surface area contributed by atoms with Crippen molar-refractivity contribution in [3.63, 3.8) is 0 Å². The number of nitrogens with one attached hydrogen (secondary N) is 1. The first kappa shape index (κ1) is 16.8. The van der Waals surface area contributed by atoms with Gasteiger partial charge in [-0.25, -0.2) is 4.79 Å². The fourth-order valence-electron chi connectivity index (χ4n) is 2.88. The van der Waals surface area contributed by atoms with Crippen LogP contribution in [-0.4, -0.2) is 24.4 Å². The molecule has 0 heterocycles. The first-order chi connectivity index (χ1) is 10.4. The maximum Gasteiger partial charge on any atom is 0.407 e. The van der Waals surface area contributed by atoms with E-state index in [2.05, 4.69) is 19.2 Å². The van der Waals surface area contributed by atoms with Crippen molar-refractivity contribution in [3.8, 4) is 0 Å². The second-order valence-electron chi connectivity index (χ2n) is 7.24. The highest BCUT2D eigenvalue weighted by Gasteiger charge is 2.38. The predicted octanol–water partition coefficient (Wildman–Crippen LogP) is 3.49. The average molecular weight is 305 g/mol. The summed E-state index contributed by atoms with van der Waals surface area (Å²) in [6.45, 7) is 5.38. The number of carbonyl (C=O) groups excluding carboxylic acids is 1. The van der Waals surface area contributed by atoms with E-state index in [9.17, 15) is 9.90 Å². The van der Waals surface area contributed by atoms with Gasteiger partial charge in [0.25, 0.3) is 0 Å². The zero-order chi connectivity index (χ0) is 16.1. The quantitative estimate of drug-likeness (QED) is 0.875. The van der Waals surface area contributed by atoms with Crippen molar-refractivity contribution in [3.05, 3.63) is 35.9 Å². The first-order valence-corrected chi connectivity index (χ1v) is 8.00. The van der Waals surface area contributed by atoms with Gasteiger partial charge in [0.05, 0.1) is 6.61 Å². The van der Waals surface area contributed by atoms with Crippen LogP contribution in [0, 0.1) is 10.8 Å². The van der Waals surface area contributed by atoms with E-state index >= 15 is 0 Å². The SMILES string of the molecule is CC1(C)CCC(CO)(CNC(=O)OCc2ccccc2)CC1. The third-order valence-corrected chi connectivity index (χ3v) is 4.82. The Morgan fingerprint density at radius 2 is 1.82 bits per heavy atom. The average Bonchev–Trinajstić information content (AvgIpc) is 2.53. The number of hydrogen-bond acceptors (Lipinski definition) is 3. The maximum atomic E-state index is 11.8. The molecule has 0 spiro atoms. The molecule has 0 atom stereocenters. The molecule has 2 rings (SSSR count). The summed E-state index contributed by atoms with van der Waals surface area (Å²) in [6.07, 6.45) is 3.62. The van der Waals surface area contributed by atoms with E-state index in [1.54, 1.807) is 0 Å². The fourth-order valence-corrected chi connectivity index (χ4v) is 2.88. The molecule has 1 aliphatic rings. The van der Waals surface area contributed by atoms with Gasteiger partial charge in [0.1, 0.15) is 6.61 Å². The molecule has 22 heavy (non-hydrogen) atoms. The Hall–Kier alpha value is -1.55. The highest BCUT2D eigenvalue weighted by atomic mass is 16.5. The van der Waals surface area contributed by atoms with E-state index < -0.39 is 6.09 Å².